The van der Waals surface area contributed by atoms with Crippen molar-refractivity contribution in [3.63, 3.8) is 0 Å². The molecule has 1 saturated heterocycles. The molecule has 9 heteroatoms. The molecule has 2 aromatic heterocycles. The minimum atomic E-state index is -3.58. The second kappa shape index (κ2) is 6.40. The van der Waals surface area contributed by atoms with Gasteiger partial charge in [0.05, 0.1) is 18.0 Å². The average Bonchev–Trinajstić information content (AvgIpc) is 3.16. The summed E-state index contributed by atoms with van der Waals surface area (Å²) in [5.74, 6) is 0.522. The molecular formula is C15H20N4O4S. The number of aromatic nitrogens is 2. The first-order valence-electron chi connectivity index (χ1n) is 7.71. The van der Waals surface area contributed by atoms with Crippen molar-refractivity contribution >= 4 is 15.9 Å². The van der Waals surface area contributed by atoms with Crippen molar-refractivity contribution in [2.75, 3.05) is 13.1 Å². The summed E-state index contributed by atoms with van der Waals surface area (Å²) < 4.78 is 33.9. The lowest BCUT2D eigenvalue weighted by molar-refractivity contribution is 0.0709. The second-order valence-corrected chi connectivity index (χ2v) is 7.64. The first-order valence-corrected chi connectivity index (χ1v) is 9.19. The number of likely N-dealkylation sites (tertiary alicyclic amines) is 1. The summed E-state index contributed by atoms with van der Waals surface area (Å²) in [7, 11) is -1.91. The number of carbonyl (C=O) groups excluding carboxylic acids is 1. The standard InChI is InChI=1S/C15H20N4O4S/c1-11-14(5-8-23-11)15(20)19-6-3-12(4-7-19)17-24(21,22)13-9-16-18(2)10-13/h5,8-10,12,17H,3-4,6-7H2,1-2H3. The zero-order valence-electron chi connectivity index (χ0n) is 13.6. The van der Waals surface area contributed by atoms with Crippen LogP contribution in [0.15, 0.2) is 34.0 Å². The molecule has 1 aliphatic heterocycles. The van der Waals surface area contributed by atoms with Gasteiger partial charge in [-0.3, -0.25) is 9.48 Å². The third kappa shape index (κ3) is 3.36. The summed E-state index contributed by atoms with van der Waals surface area (Å²) in [4.78, 5) is 14.3. The molecule has 3 rings (SSSR count). The maximum Gasteiger partial charge on any atom is 0.257 e. The predicted molar refractivity (Wildman–Crippen MR) is 85.9 cm³/mol. The van der Waals surface area contributed by atoms with E-state index in [0.29, 0.717) is 37.3 Å². The van der Waals surface area contributed by atoms with Gasteiger partial charge in [-0.1, -0.05) is 0 Å². The monoisotopic (exact) mass is 352 g/mol. The number of hydrogen-bond donors (Lipinski definition) is 1. The quantitative estimate of drug-likeness (QED) is 0.882. The Labute approximate surface area is 140 Å². The number of hydrogen-bond acceptors (Lipinski definition) is 5. The number of amides is 1. The maximum atomic E-state index is 12.4. The van der Waals surface area contributed by atoms with Crippen LogP contribution in [-0.4, -0.2) is 48.1 Å². The summed E-state index contributed by atoms with van der Waals surface area (Å²) in [5.41, 5.74) is 0.560. The van der Waals surface area contributed by atoms with Gasteiger partial charge in [-0.05, 0) is 25.8 Å². The van der Waals surface area contributed by atoms with E-state index in [1.54, 1.807) is 24.9 Å². The lowest BCUT2D eigenvalue weighted by atomic mass is 10.1. The van der Waals surface area contributed by atoms with E-state index >= 15 is 0 Å². The third-order valence-electron chi connectivity index (χ3n) is 4.18. The van der Waals surface area contributed by atoms with Crippen LogP contribution >= 0.6 is 0 Å². The first-order chi connectivity index (χ1) is 11.4. The van der Waals surface area contributed by atoms with Crippen LogP contribution in [0.4, 0.5) is 0 Å². The van der Waals surface area contributed by atoms with Crippen LogP contribution in [0.3, 0.4) is 0 Å². The van der Waals surface area contributed by atoms with E-state index in [4.69, 9.17) is 4.42 Å². The smallest absolute Gasteiger partial charge is 0.257 e. The van der Waals surface area contributed by atoms with E-state index < -0.39 is 10.0 Å². The summed E-state index contributed by atoms with van der Waals surface area (Å²) >= 11 is 0. The molecule has 1 aliphatic rings. The highest BCUT2D eigenvalue weighted by Crippen LogP contribution is 2.18. The van der Waals surface area contributed by atoms with Crippen LogP contribution in [-0.2, 0) is 17.1 Å². The molecule has 1 fully saturated rings. The Morgan fingerprint density at radius 2 is 2.08 bits per heavy atom. The number of nitrogens with zero attached hydrogens (tertiary/aromatic N) is 3. The topological polar surface area (TPSA) is 97.4 Å². The van der Waals surface area contributed by atoms with Crippen LogP contribution in [0.1, 0.15) is 29.0 Å². The Kier molecular flexibility index (Phi) is 4.46. The fourth-order valence-electron chi connectivity index (χ4n) is 2.80. The third-order valence-corrected chi connectivity index (χ3v) is 5.66. The summed E-state index contributed by atoms with van der Waals surface area (Å²) in [6, 6.07) is 1.47. The molecule has 1 amide bonds. The SMILES string of the molecule is Cc1occc1C(=O)N1CCC(NS(=O)(=O)c2cnn(C)c2)CC1. The summed E-state index contributed by atoms with van der Waals surface area (Å²) in [6.07, 6.45) is 5.42. The Morgan fingerprint density at radius 3 is 2.62 bits per heavy atom. The lowest BCUT2D eigenvalue weighted by Gasteiger charge is -2.32. The van der Waals surface area contributed by atoms with Crippen molar-refractivity contribution in [3.05, 3.63) is 36.0 Å². The number of furan rings is 1. The van der Waals surface area contributed by atoms with Crippen LogP contribution in [0.25, 0.3) is 0 Å². The fraction of sp³-hybridized carbons (Fsp3) is 0.467. The Balaban J connectivity index is 1.59. The zero-order valence-corrected chi connectivity index (χ0v) is 14.4. The van der Waals surface area contributed by atoms with Gasteiger partial charge in [-0.15, -0.1) is 0 Å². The molecule has 1 N–H and O–H groups in total. The van der Waals surface area contributed by atoms with Crippen molar-refractivity contribution in [2.45, 2.75) is 30.7 Å². The van der Waals surface area contributed by atoms with Gasteiger partial charge in [0.15, 0.2) is 0 Å². The molecule has 3 heterocycles. The van der Waals surface area contributed by atoms with Crippen molar-refractivity contribution in [1.29, 1.82) is 0 Å². The fourth-order valence-corrected chi connectivity index (χ4v) is 4.09. The van der Waals surface area contributed by atoms with Gasteiger partial charge in [0.25, 0.3) is 5.91 Å². The number of piperidine rings is 1. The summed E-state index contributed by atoms with van der Waals surface area (Å²) in [5, 5.41) is 3.88. The van der Waals surface area contributed by atoms with Gasteiger partial charge in [-0.2, -0.15) is 5.10 Å². The van der Waals surface area contributed by atoms with Crippen LogP contribution in [0.5, 0.6) is 0 Å². The minimum absolute atomic E-state index is 0.0742. The molecule has 0 atom stereocenters. The van der Waals surface area contributed by atoms with Crippen LogP contribution in [0.2, 0.25) is 0 Å². The highest BCUT2D eigenvalue weighted by Gasteiger charge is 2.28. The molecule has 8 nitrogen and oxygen atoms in total. The maximum absolute atomic E-state index is 12.4. The summed E-state index contributed by atoms with van der Waals surface area (Å²) in [6.45, 7) is 2.76. The van der Waals surface area contributed by atoms with Gasteiger partial charge in [0.1, 0.15) is 10.7 Å². The number of aryl methyl sites for hydroxylation is 2. The van der Waals surface area contributed by atoms with Gasteiger partial charge in [-0.25, -0.2) is 13.1 Å². The zero-order chi connectivity index (χ0) is 17.3. The molecule has 0 unspecified atom stereocenters. The van der Waals surface area contributed by atoms with Crippen molar-refractivity contribution in [3.8, 4) is 0 Å². The minimum Gasteiger partial charge on any atom is -0.469 e. The van der Waals surface area contributed by atoms with Gasteiger partial charge in [0, 0.05) is 32.4 Å². The molecule has 24 heavy (non-hydrogen) atoms. The normalized spacial score (nSPS) is 16.5. The lowest BCUT2D eigenvalue weighted by Crippen LogP contribution is -2.46. The predicted octanol–water partition coefficient (Wildman–Crippen LogP) is 0.905. The molecule has 130 valence electrons. The van der Waals surface area contributed by atoms with Crippen LogP contribution in [0, 0.1) is 6.92 Å². The Bertz CT molecular complexity index is 831. The second-order valence-electron chi connectivity index (χ2n) is 5.93. The highest BCUT2D eigenvalue weighted by atomic mass is 32.2. The largest absolute Gasteiger partial charge is 0.469 e. The molecule has 0 aromatic carbocycles. The van der Waals surface area contributed by atoms with Crippen molar-refractivity contribution in [1.82, 2.24) is 19.4 Å². The number of nitrogens with one attached hydrogen (secondary N) is 1. The van der Waals surface area contributed by atoms with E-state index in [-0.39, 0.29) is 16.8 Å². The van der Waals surface area contributed by atoms with Crippen LogP contribution < -0.4 is 4.72 Å². The molecule has 0 spiro atoms. The Morgan fingerprint density at radius 1 is 1.38 bits per heavy atom. The van der Waals surface area contributed by atoms with E-state index in [1.807, 2.05) is 0 Å². The van der Waals surface area contributed by atoms with E-state index in [2.05, 4.69) is 9.82 Å². The number of rotatable bonds is 4. The highest BCUT2D eigenvalue weighted by molar-refractivity contribution is 7.89. The number of carbonyl (C=O) groups is 1. The molecule has 2 aromatic rings. The molecule has 0 bridgehead atoms. The molecule has 0 radical (unpaired) electrons. The van der Waals surface area contributed by atoms with Gasteiger partial charge in [0.2, 0.25) is 10.0 Å². The van der Waals surface area contributed by atoms with Gasteiger partial charge < -0.3 is 9.32 Å². The van der Waals surface area contributed by atoms with Crippen molar-refractivity contribution in [2.24, 2.45) is 7.05 Å². The molecule has 0 aliphatic carbocycles. The number of sulfonamides is 1. The van der Waals surface area contributed by atoms with E-state index in [9.17, 15) is 13.2 Å². The molecule has 0 saturated carbocycles. The van der Waals surface area contributed by atoms with Crippen molar-refractivity contribution < 1.29 is 17.6 Å². The van der Waals surface area contributed by atoms with Gasteiger partial charge >= 0.3 is 0 Å². The van der Waals surface area contributed by atoms with E-state index in [1.165, 1.54) is 23.3 Å². The Hall–Kier alpha value is -2.13. The van der Waals surface area contributed by atoms with E-state index in [0.717, 1.165) is 0 Å². The first kappa shape index (κ1) is 16.7. The molecular weight excluding hydrogens is 332 g/mol. The average molecular weight is 352 g/mol.